The molecule has 37 heavy (non-hydrogen) atoms. The monoisotopic (exact) mass is 566 g/mol. The van der Waals surface area contributed by atoms with E-state index in [1.807, 2.05) is 48.5 Å². The number of rotatable bonds is 9. The summed E-state index contributed by atoms with van der Waals surface area (Å²) >= 11 is 10.0. The Morgan fingerprint density at radius 2 is 1.62 bits per heavy atom. The molecule has 0 saturated heterocycles. The molecular weight excluding hydrogens is 548 g/mol. The van der Waals surface area contributed by atoms with Crippen LogP contribution in [0.15, 0.2) is 82.3 Å². The van der Waals surface area contributed by atoms with Crippen LogP contribution in [-0.4, -0.2) is 43.5 Å². The standard InChI is InChI=1S/C25H19ClN6O2S3/c26-16-7-4-8-17(11-16)27-22(34)14-36-25-29-19-10-9-18(12-20(19)37-25)28-21(33)13-35-24-30-23(31-32-24)15-5-2-1-3-6-15/h1-12H,13-14H2,(H,27,34)(H,28,33)(H,30,31,32). The van der Waals surface area contributed by atoms with Crippen LogP contribution in [0, 0.1) is 0 Å². The maximum absolute atomic E-state index is 12.5. The molecule has 186 valence electrons. The summed E-state index contributed by atoms with van der Waals surface area (Å²) in [7, 11) is 0. The molecule has 0 saturated carbocycles. The molecule has 2 amide bonds. The highest BCUT2D eigenvalue weighted by Gasteiger charge is 2.12. The molecule has 2 aromatic heterocycles. The number of nitrogens with one attached hydrogen (secondary N) is 3. The van der Waals surface area contributed by atoms with Gasteiger partial charge in [-0.05, 0) is 36.4 Å². The zero-order chi connectivity index (χ0) is 25.6. The number of anilines is 2. The van der Waals surface area contributed by atoms with Crippen LogP contribution in [-0.2, 0) is 9.59 Å². The lowest BCUT2D eigenvalue weighted by molar-refractivity contribution is -0.114. The maximum atomic E-state index is 12.5. The van der Waals surface area contributed by atoms with Crippen LogP contribution in [0.2, 0.25) is 5.02 Å². The van der Waals surface area contributed by atoms with Gasteiger partial charge < -0.3 is 10.6 Å². The van der Waals surface area contributed by atoms with E-state index in [0.717, 1.165) is 20.1 Å². The van der Waals surface area contributed by atoms with Crippen LogP contribution >= 0.6 is 46.5 Å². The summed E-state index contributed by atoms with van der Waals surface area (Å²) < 4.78 is 1.69. The molecule has 5 aromatic rings. The molecule has 2 heterocycles. The first-order valence-corrected chi connectivity index (χ1v) is 14.2. The third kappa shape index (κ3) is 6.89. The molecule has 0 radical (unpaired) electrons. The Morgan fingerprint density at radius 1 is 0.865 bits per heavy atom. The summed E-state index contributed by atoms with van der Waals surface area (Å²) in [5.41, 5.74) is 3.07. The topological polar surface area (TPSA) is 113 Å². The van der Waals surface area contributed by atoms with Gasteiger partial charge in [0.1, 0.15) is 0 Å². The lowest BCUT2D eigenvalue weighted by atomic mass is 10.2. The number of nitrogens with zero attached hydrogens (tertiary/aromatic N) is 3. The Kier molecular flexibility index (Phi) is 8.05. The first-order valence-electron chi connectivity index (χ1n) is 11.0. The van der Waals surface area contributed by atoms with Gasteiger partial charge in [-0.15, -0.1) is 16.4 Å². The Labute approximate surface area is 229 Å². The summed E-state index contributed by atoms with van der Waals surface area (Å²) in [5.74, 6) is 0.761. The van der Waals surface area contributed by atoms with E-state index in [1.165, 1.54) is 34.9 Å². The molecule has 5 rings (SSSR count). The summed E-state index contributed by atoms with van der Waals surface area (Å²) in [6.45, 7) is 0. The number of benzene rings is 3. The number of hydrogen-bond donors (Lipinski definition) is 3. The van der Waals surface area contributed by atoms with Crippen LogP contribution in [0.4, 0.5) is 11.4 Å². The number of carbonyl (C=O) groups excluding carboxylic acids is 2. The van der Waals surface area contributed by atoms with E-state index < -0.39 is 0 Å². The third-order valence-electron chi connectivity index (χ3n) is 4.93. The van der Waals surface area contributed by atoms with Gasteiger partial charge in [0.2, 0.25) is 17.0 Å². The molecule has 0 fully saturated rings. The second-order valence-electron chi connectivity index (χ2n) is 7.68. The van der Waals surface area contributed by atoms with Gasteiger partial charge in [0, 0.05) is 22.0 Å². The smallest absolute Gasteiger partial charge is 0.234 e. The Bertz CT molecular complexity index is 1560. The summed E-state index contributed by atoms with van der Waals surface area (Å²) in [5, 5.41) is 13.9. The fraction of sp³-hybridized carbons (Fsp3) is 0.0800. The average Bonchev–Trinajstić information content (AvgIpc) is 3.53. The first kappa shape index (κ1) is 25.3. The van der Waals surface area contributed by atoms with Gasteiger partial charge in [-0.1, -0.05) is 71.5 Å². The molecule has 3 N–H and O–H groups in total. The van der Waals surface area contributed by atoms with Crippen LogP contribution in [0.3, 0.4) is 0 Å². The summed E-state index contributed by atoms with van der Waals surface area (Å²) in [4.78, 5) is 33.8. The van der Waals surface area contributed by atoms with Crippen LogP contribution in [0.25, 0.3) is 21.6 Å². The molecule has 0 bridgehead atoms. The van der Waals surface area contributed by atoms with Crippen molar-refractivity contribution in [1.82, 2.24) is 20.2 Å². The molecule has 0 aliphatic carbocycles. The number of thiazole rings is 1. The summed E-state index contributed by atoms with van der Waals surface area (Å²) in [6, 6.07) is 22.2. The fourth-order valence-corrected chi connectivity index (χ4v) is 5.99. The minimum Gasteiger partial charge on any atom is -0.325 e. The largest absolute Gasteiger partial charge is 0.325 e. The van der Waals surface area contributed by atoms with E-state index in [9.17, 15) is 9.59 Å². The van der Waals surface area contributed by atoms with Gasteiger partial charge in [-0.25, -0.2) is 9.97 Å². The molecule has 0 unspecified atom stereocenters. The van der Waals surface area contributed by atoms with Crippen molar-refractivity contribution in [3.8, 4) is 11.4 Å². The molecular formula is C25H19ClN6O2S3. The minimum atomic E-state index is -0.160. The van der Waals surface area contributed by atoms with Gasteiger partial charge in [-0.3, -0.25) is 14.7 Å². The molecule has 3 aromatic carbocycles. The van der Waals surface area contributed by atoms with Gasteiger partial charge in [0.15, 0.2) is 10.2 Å². The van der Waals surface area contributed by atoms with Crippen LogP contribution in [0.5, 0.6) is 0 Å². The Balaban J connectivity index is 1.13. The molecule has 8 nitrogen and oxygen atoms in total. The van der Waals surface area contributed by atoms with Crippen molar-refractivity contribution in [2.24, 2.45) is 0 Å². The predicted molar refractivity (Wildman–Crippen MR) is 152 cm³/mol. The highest BCUT2D eigenvalue weighted by Crippen LogP contribution is 2.31. The van der Waals surface area contributed by atoms with Crippen molar-refractivity contribution in [3.63, 3.8) is 0 Å². The van der Waals surface area contributed by atoms with Crippen molar-refractivity contribution < 1.29 is 9.59 Å². The molecule has 0 atom stereocenters. The highest BCUT2D eigenvalue weighted by molar-refractivity contribution is 8.01. The number of thioether (sulfide) groups is 2. The molecule has 0 aliphatic heterocycles. The normalized spacial score (nSPS) is 10.9. The van der Waals surface area contributed by atoms with E-state index >= 15 is 0 Å². The number of H-pyrrole nitrogens is 1. The predicted octanol–water partition coefficient (Wildman–Crippen LogP) is 6.20. The number of hydrogen-bond acceptors (Lipinski definition) is 8. The number of halogens is 1. The molecule has 0 spiro atoms. The second-order valence-corrected chi connectivity index (χ2v) is 11.3. The van der Waals surface area contributed by atoms with Crippen molar-refractivity contribution in [2.45, 2.75) is 9.50 Å². The quantitative estimate of drug-likeness (QED) is 0.182. The Hall–Kier alpha value is -3.38. The Morgan fingerprint density at radius 3 is 2.41 bits per heavy atom. The van der Waals surface area contributed by atoms with Gasteiger partial charge >= 0.3 is 0 Å². The highest BCUT2D eigenvalue weighted by atomic mass is 35.5. The number of aromatic nitrogens is 4. The van der Waals surface area contributed by atoms with E-state index in [4.69, 9.17) is 11.6 Å². The molecule has 0 aliphatic rings. The van der Waals surface area contributed by atoms with Crippen molar-refractivity contribution >= 4 is 79.9 Å². The lowest BCUT2D eigenvalue weighted by Gasteiger charge is -2.04. The fourth-order valence-electron chi connectivity index (χ4n) is 3.30. The van der Waals surface area contributed by atoms with E-state index in [-0.39, 0.29) is 23.3 Å². The van der Waals surface area contributed by atoms with Crippen molar-refractivity contribution in [3.05, 3.63) is 77.8 Å². The van der Waals surface area contributed by atoms with Crippen LogP contribution in [0.1, 0.15) is 0 Å². The number of aromatic amines is 1. The molecule has 12 heteroatoms. The third-order valence-corrected chi connectivity index (χ3v) is 8.18. The first-order chi connectivity index (χ1) is 18.0. The number of amides is 2. The second kappa shape index (κ2) is 11.8. The van der Waals surface area contributed by atoms with Gasteiger partial charge in [-0.2, -0.15) is 0 Å². The number of carbonyl (C=O) groups is 2. The SMILES string of the molecule is O=C(CSc1n[nH]c(-c2ccccc2)n1)Nc1ccc2nc(SCC(=O)Nc3cccc(Cl)c3)sc2c1. The zero-order valence-corrected chi connectivity index (χ0v) is 22.3. The van der Waals surface area contributed by atoms with E-state index in [1.54, 1.807) is 24.3 Å². The van der Waals surface area contributed by atoms with Crippen LogP contribution < -0.4 is 10.6 Å². The maximum Gasteiger partial charge on any atom is 0.234 e. The van der Waals surface area contributed by atoms with Crippen molar-refractivity contribution in [1.29, 1.82) is 0 Å². The number of fused-ring (bicyclic) bond motifs is 1. The lowest BCUT2D eigenvalue weighted by Crippen LogP contribution is -2.14. The van der Waals surface area contributed by atoms with Gasteiger partial charge in [0.05, 0.1) is 21.7 Å². The average molecular weight is 567 g/mol. The minimum absolute atomic E-state index is 0.140. The van der Waals surface area contributed by atoms with E-state index in [2.05, 4.69) is 30.8 Å². The summed E-state index contributed by atoms with van der Waals surface area (Å²) in [6.07, 6.45) is 0. The van der Waals surface area contributed by atoms with E-state index in [0.29, 0.717) is 27.4 Å². The van der Waals surface area contributed by atoms with Gasteiger partial charge in [0.25, 0.3) is 0 Å². The van der Waals surface area contributed by atoms with Crippen molar-refractivity contribution in [2.75, 3.05) is 22.1 Å². The zero-order valence-electron chi connectivity index (χ0n) is 19.1.